The molecule has 0 amide bonds. The molecule has 0 aromatic carbocycles. The van der Waals surface area contributed by atoms with E-state index in [-0.39, 0.29) is 12.2 Å². The van der Waals surface area contributed by atoms with Gasteiger partial charge in [0.15, 0.2) is 5.82 Å². The van der Waals surface area contributed by atoms with Crippen molar-refractivity contribution in [3.8, 4) is 0 Å². The maximum absolute atomic E-state index is 6.25. The van der Waals surface area contributed by atoms with Crippen LogP contribution in [0.25, 0.3) is 0 Å². The number of hydrogen-bond acceptors (Lipinski definition) is 6. The first kappa shape index (κ1) is 13.2. The number of halogens is 1. The Balaban J connectivity index is 1.76. The molecule has 7 heteroatoms. The van der Waals surface area contributed by atoms with Gasteiger partial charge in [-0.25, -0.2) is 9.97 Å². The van der Waals surface area contributed by atoms with Gasteiger partial charge in [-0.1, -0.05) is 11.6 Å². The van der Waals surface area contributed by atoms with Gasteiger partial charge in [0.1, 0.15) is 11.3 Å². The molecule has 2 fully saturated rings. The summed E-state index contributed by atoms with van der Waals surface area (Å²) < 4.78 is 11.3. The fourth-order valence-corrected chi connectivity index (χ4v) is 2.51. The third-order valence-corrected chi connectivity index (χ3v) is 3.58. The quantitative estimate of drug-likeness (QED) is 0.769. The SMILES string of the molecule is Clc1nc(C2CNCCO2)ncc1C1CNCCO1. The van der Waals surface area contributed by atoms with Gasteiger partial charge in [0, 0.05) is 37.9 Å². The number of nitrogens with one attached hydrogen (secondary N) is 2. The van der Waals surface area contributed by atoms with Gasteiger partial charge in [-0.05, 0) is 0 Å². The zero-order chi connectivity index (χ0) is 13.1. The zero-order valence-corrected chi connectivity index (χ0v) is 11.3. The summed E-state index contributed by atoms with van der Waals surface area (Å²) in [5.41, 5.74) is 0.835. The molecule has 2 aliphatic heterocycles. The molecule has 2 saturated heterocycles. The van der Waals surface area contributed by atoms with Gasteiger partial charge in [-0.2, -0.15) is 0 Å². The molecule has 0 saturated carbocycles. The Morgan fingerprint density at radius 3 is 2.37 bits per heavy atom. The van der Waals surface area contributed by atoms with E-state index in [2.05, 4.69) is 20.6 Å². The highest BCUT2D eigenvalue weighted by atomic mass is 35.5. The van der Waals surface area contributed by atoms with Crippen LogP contribution in [-0.4, -0.2) is 49.4 Å². The summed E-state index contributed by atoms with van der Waals surface area (Å²) >= 11 is 6.25. The Kier molecular flexibility index (Phi) is 4.24. The number of aromatic nitrogens is 2. The van der Waals surface area contributed by atoms with Crippen LogP contribution in [0, 0.1) is 0 Å². The van der Waals surface area contributed by atoms with Crippen molar-refractivity contribution in [3.05, 3.63) is 22.7 Å². The zero-order valence-electron chi connectivity index (χ0n) is 10.6. The van der Waals surface area contributed by atoms with Gasteiger partial charge in [-0.3, -0.25) is 0 Å². The van der Waals surface area contributed by atoms with Gasteiger partial charge in [-0.15, -0.1) is 0 Å². The molecule has 1 aromatic rings. The lowest BCUT2D eigenvalue weighted by Crippen LogP contribution is -2.35. The molecule has 0 spiro atoms. The molecule has 0 aliphatic carbocycles. The smallest absolute Gasteiger partial charge is 0.160 e. The largest absolute Gasteiger partial charge is 0.371 e. The van der Waals surface area contributed by atoms with Crippen LogP contribution in [0.3, 0.4) is 0 Å². The van der Waals surface area contributed by atoms with Crippen LogP contribution in [0.5, 0.6) is 0 Å². The van der Waals surface area contributed by atoms with E-state index >= 15 is 0 Å². The summed E-state index contributed by atoms with van der Waals surface area (Å²) in [5.74, 6) is 0.629. The van der Waals surface area contributed by atoms with Crippen molar-refractivity contribution < 1.29 is 9.47 Å². The Hall–Kier alpha value is -0.790. The highest BCUT2D eigenvalue weighted by molar-refractivity contribution is 6.30. The van der Waals surface area contributed by atoms with Crippen molar-refractivity contribution in [2.24, 2.45) is 0 Å². The normalized spacial score (nSPS) is 28.3. The van der Waals surface area contributed by atoms with Gasteiger partial charge >= 0.3 is 0 Å². The van der Waals surface area contributed by atoms with Crippen LogP contribution < -0.4 is 10.6 Å². The van der Waals surface area contributed by atoms with Crippen molar-refractivity contribution in [2.45, 2.75) is 12.2 Å². The number of morpholine rings is 2. The third kappa shape index (κ3) is 3.04. The van der Waals surface area contributed by atoms with Crippen LogP contribution in [0.4, 0.5) is 0 Å². The number of hydrogen-bond donors (Lipinski definition) is 2. The molecule has 1 aromatic heterocycles. The van der Waals surface area contributed by atoms with E-state index in [9.17, 15) is 0 Å². The molecule has 3 heterocycles. The maximum Gasteiger partial charge on any atom is 0.160 e. The van der Waals surface area contributed by atoms with Crippen molar-refractivity contribution in [3.63, 3.8) is 0 Å². The number of rotatable bonds is 2. The minimum atomic E-state index is -0.120. The summed E-state index contributed by atoms with van der Waals surface area (Å²) in [6.07, 6.45) is 1.56. The summed E-state index contributed by atoms with van der Waals surface area (Å²) in [5, 5.41) is 6.96. The second kappa shape index (κ2) is 6.11. The first-order valence-corrected chi connectivity index (χ1v) is 6.89. The summed E-state index contributed by atoms with van der Waals surface area (Å²) in [4.78, 5) is 8.72. The molecule has 0 bridgehead atoms. The van der Waals surface area contributed by atoms with E-state index in [1.165, 1.54) is 0 Å². The topological polar surface area (TPSA) is 68.3 Å². The van der Waals surface area contributed by atoms with Crippen LogP contribution in [0.2, 0.25) is 5.15 Å². The third-order valence-electron chi connectivity index (χ3n) is 3.28. The second-order valence-corrected chi connectivity index (χ2v) is 4.96. The average Bonchev–Trinajstić information content (AvgIpc) is 2.49. The lowest BCUT2D eigenvalue weighted by Gasteiger charge is -2.25. The van der Waals surface area contributed by atoms with Crippen molar-refractivity contribution in [1.82, 2.24) is 20.6 Å². The van der Waals surface area contributed by atoms with Crippen LogP contribution in [0.1, 0.15) is 23.6 Å². The molecular weight excluding hydrogens is 268 g/mol. The van der Waals surface area contributed by atoms with Crippen molar-refractivity contribution in [2.75, 3.05) is 39.4 Å². The summed E-state index contributed by atoms with van der Waals surface area (Å²) in [7, 11) is 0. The van der Waals surface area contributed by atoms with Gasteiger partial charge in [0.05, 0.1) is 19.3 Å². The minimum absolute atomic E-state index is 0.0688. The van der Waals surface area contributed by atoms with E-state index in [1.54, 1.807) is 6.20 Å². The molecule has 0 radical (unpaired) electrons. The van der Waals surface area contributed by atoms with Crippen molar-refractivity contribution in [1.29, 1.82) is 0 Å². The second-order valence-electron chi connectivity index (χ2n) is 4.60. The van der Waals surface area contributed by atoms with Gasteiger partial charge in [0.25, 0.3) is 0 Å². The molecule has 2 N–H and O–H groups in total. The lowest BCUT2D eigenvalue weighted by atomic mass is 10.1. The van der Waals surface area contributed by atoms with E-state index in [0.717, 1.165) is 31.7 Å². The average molecular weight is 285 g/mol. The predicted octanol–water partition coefficient (Wildman–Crippen LogP) is 0.452. The Labute approximate surface area is 116 Å². The lowest BCUT2D eigenvalue weighted by molar-refractivity contribution is 0.0202. The van der Waals surface area contributed by atoms with Crippen LogP contribution >= 0.6 is 11.6 Å². The van der Waals surface area contributed by atoms with Crippen LogP contribution in [0.15, 0.2) is 6.20 Å². The maximum atomic E-state index is 6.25. The molecule has 2 atom stereocenters. The Morgan fingerprint density at radius 2 is 1.79 bits per heavy atom. The fraction of sp³-hybridized carbons (Fsp3) is 0.667. The van der Waals surface area contributed by atoms with E-state index in [1.807, 2.05) is 0 Å². The molecule has 3 rings (SSSR count). The highest BCUT2D eigenvalue weighted by Gasteiger charge is 2.23. The Morgan fingerprint density at radius 1 is 1.11 bits per heavy atom. The molecule has 6 nitrogen and oxygen atoms in total. The standard InChI is InChI=1S/C12H17ClN4O2/c13-11-8(9-6-14-1-3-18-9)5-16-12(17-11)10-7-15-2-4-19-10/h5,9-10,14-15H,1-4,6-7H2. The highest BCUT2D eigenvalue weighted by Crippen LogP contribution is 2.26. The summed E-state index contributed by atoms with van der Waals surface area (Å²) in [6.45, 7) is 4.54. The van der Waals surface area contributed by atoms with Gasteiger partial charge in [0.2, 0.25) is 0 Å². The van der Waals surface area contributed by atoms with E-state index in [4.69, 9.17) is 21.1 Å². The predicted molar refractivity (Wildman–Crippen MR) is 70.2 cm³/mol. The van der Waals surface area contributed by atoms with Crippen molar-refractivity contribution >= 4 is 11.6 Å². The first-order valence-electron chi connectivity index (χ1n) is 6.51. The molecule has 2 unspecified atom stereocenters. The fourth-order valence-electron chi connectivity index (χ4n) is 2.25. The van der Waals surface area contributed by atoms with E-state index in [0.29, 0.717) is 24.2 Å². The molecule has 2 aliphatic rings. The first-order chi connectivity index (χ1) is 9.34. The number of ether oxygens (including phenoxy) is 2. The van der Waals surface area contributed by atoms with E-state index < -0.39 is 0 Å². The molecule has 104 valence electrons. The summed E-state index contributed by atoms with van der Waals surface area (Å²) in [6, 6.07) is 0. The molecular formula is C12H17ClN4O2. The van der Waals surface area contributed by atoms with Crippen LogP contribution in [-0.2, 0) is 9.47 Å². The monoisotopic (exact) mass is 284 g/mol. The van der Waals surface area contributed by atoms with Gasteiger partial charge < -0.3 is 20.1 Å². The minimum Gasteiger partial charge on any atom is -0.371 e. The number of nitrogens with zero attached hydrogens (tertiary/aromatic N) is 2. The Bertz CT molecular complexity index is 434. The molecule has 19 heavy (non-hydrogen) atoms.